The molecule has 1 rings (SSSR count). The third kappa shape index (κ3) is 4.96. The maximum absolute atomic E-state index is 13.9. The van der Waals surface area contributed by atoms with Crippen LogP contribution in [0.25, 0.3) is 0 Å². The van der Waals surface area contributed by atoms with Gasteiger partial charge in [-0.15, -0.1) is 13.2 Å². The van der Waals surface area contributed by atoms with Gasteiger partial charge in [0.15, 0.2) is 0 Å². The normalized spacial score (nSPS) is 12.6. The Balaban J connectivity index is 3.09. The first-order valence-corrected chi connectivity index (χ1v) is 6.16. The minimum atomic E-state index is -4.91. The van der Waals surface area contributed by atoms with Gasteiger partial charge >= 0.3 is 6.36 Å². The van der Waals surface area contributed by atoms with Crippen LogP contribution in [0, 0.1) is 0 Å². The zero-order valence-electron chi connectivity index (χ0n) is 10.9. The van der Waals surface area contributed by atoms with Crippen LogP contribution < -0.4 is 10.5 Å². The van der Waals surface area contributed by atoms with Crippen molar-refractivity contribution in [1.29, 1.82) is 0 Å². The number of alkyl halides is 5. The lowest BCUT2D eigenvalue weighted by molar-refractivity contribution is -0.274. The van der Waals surface area contributed by atoms with Gasteiger partial charge in [0.1, 0.15) is 5.75 Å². The molecule has 0 saturated heterocycles. The summed E-state index contributed by atoms with van der Waals surface area (Å²) in [7, 11) is 0. The Labute approximate surface area is 113 Å². The van der Waals surface area contributed by atoms with Crippen molar-refractivity contribution >= 4 is 0 Å². The van der Waals surface area contributed by atoms with Crippen LogP contribution in [0.2, 0.25) is 0 Å². The van der Waals surface area contributed by atoms with E-state index in [1.165, 1.54) is 6.07 Å². The summed E-state index contributed by atoms with van der Waals surface area (Å²) >= 11 is 0. The van der Waals surface area contributed by atoms with Crippen LogP contribution in [0.15, 0.2) is 18.2 Å². The number of rotatable bonds is 6. The quantitative estimate of drug-likeness (QED) is 0.806. The van der Waals surface area contributed by atoms with Crippen molar-refractivity contribution in [3.63, 3.8) is 0 Å². The van der Waals surface area contributed by atoms with E-state index in [4.69, 9.17) is 5.73 Å². The SMILES string of the molecule is CCc1cc(OC(F)(F)F)cc(C(F)(F)CCCN)c1. The van der Waals surface area contributed by atoms with Gasteiger partial charge in [0, 0.05) is 12.0 Å². The second-order valence-corrected chi connectivity index (χ2v) is 4.36. The van der Waals surface area contributed by atoms with Crippen molar-refractivity contribution in [3.8, 4) is 5.75 Å². The summed E-state index contributed by atoms with van der Waals surface area (Å²) in [6, 6.07) is 3.03. The Morgan fingerprint density at radius 1 is 1.10 bits per heavy atom. The first-order chi connectivity index (χ1) is 9.18. The van der Waals surface area contributed by atoms with E-state index in [1.54, 1.807) is 6.92 Å². The van der Waals surface area contributed by atoms with Crippen molar-refractivity contribution < 1.29 is 26.7 Å². The summed E-state index contributed by atoms with van der Waals surface area (Å²) in [5, 5.41) is 0. The number of halogens is 5. The zero-order valence-corrected chi connectivity index (χ0v) is 10.9. The molecule has 0 spiro atoms. The highest BCUT2D eigenvalue weighted by Gasteiger charge is 2.34. The van der Waals surface area contributed by atoms with Crippen LogP contribution in [0.3, 0.4) is 0 Å². The Hall–Kier alpha value is -1.37. The van der Waals surface area contributed by atoms with E-state index >= 15 is 0 Å². The van der Waals surface area contributed by atoms with E-state index in [0.29, 0.717) is 12.0 Å². The monoisotopic (exact) mass is 297 g/mol. The number of ether oxygens (including phenoxy) is 1. The van der Waals surface area contributed by atoms with E-state index < -0.39 is 30.0 Å². The minimum Gasteiger partial charge on any atom is -0.406 e. The van der Waals surface area contributed by atoms with Gasteiger partial charge in [0.05, 0.1) is 0 Å². The van der Waals surface area contributed by atoms with Gasteiger partial charge in [-0.05, 0) is 43.1 Å². The first-order valence-electron chi connectivity index (χ1n) is 6.16. The molecule has 0 saturated carbocycles. The maximum Gasteiger partial charge on any atom is 0.573 e. The lowest BCUT2D eigenvalue weighted by atomic mass is 10.00. The molecule has 0 aliphatic carbocycles. The van der Waals surface area contributed by atoms with Crippen LogP contribution in [0.4, 0.5) is 22.0 Å². The minimum absolute atomic E-state index is 0.0822. The molecule has 0 aromatic heterocycles. The Bertz CT molecular complexity index is 445. The number of aryl methyl sites for hydroxylation is 1. The van der Waals surface area contributed by atoms with Gasteiger partial charge in [0.25, 0.3) is 5.92 Å². The average Bonchev–Trinajstić information content (AvgIpc) is 2.34. The van der Waals surface area contributed by atoms with E-state index in [2.05, 4.69) is 4.74 Å². The molecule has 1 aromatic carbocycles. The number of hydrogen-bond donors (Lipinski definition) is 1. The molecule has 0 fully saturated rings. The molecular weight excluding hydrogens is 281 g/mol. The Morgan fingerprint density at radius 2 is 1.75 bits per heavy atom. The van der Waals surface area contributed by atoms with Crippen LogP contribution in [0.1, 0.15) is 30.9 Å². The van der Waals surface area contributed by atoms with Gasteiger partial charge in [-0.1, -0.05) is 6.92 Å². The molecule has 0 radical (unpaired) electrons. The highest BCUT2D eigenvalue weighted by Crippen LogP contribution is 2.36. The summed E-state index contributed by atoms with van der Waals surface area (Å²) in [4.78, 5) is 0. The maximum atomic E-state index is 13.9. The summed E-state index contributed by atoms with van der Waals surface area (Å²) in [6.07, 6.45) is -5.01. The molecule has 2 N–H and O–H groups in total. The highest BCUT2D eigenvalue weighted by atomic mass is 19.4. The predicted octanol–water partition coefficient (Wildman–Crippen LogP) is 3.98. The second-order valence-electron chi connectivity index (χ2n) is 4.36. The van der Waals surface area contributed by atoms with E-state index in [-0.39, 0.29) is 13.0 Å². The van der Waals surface area contributed by atoms with Crippen LogP contribution in [-0.4, -0.2) is 12.9 Å². The summed E-state index contributed by atoms with van der Waals surface area (Å²) in [5.41, 5.74) is 5.05. The van der Waals surface area contributed by atoms with Gasteiger partial charge in [-0.3, -0.25) is 0 Å². The van der Waals surface area contributed by atoms with Gasteiger partial charge in [0.2, 0.25) is 0 Å². The van der Waals surface area contributed by atoms with Crippen molar-refractivity contribution in [2.75, 3.05) is 6.54 Å². The molecule has 2 nitrogen and oxygen atoms in total. The first kappa shape index (κ1) is 16.7. The van der Waals surface area contributed by atoms with Crippen LogP contribution in [-0.2, 0) is 12.3 Å². The van der Waals surface area contributed by atoms with Crippen molar-refractivity contribution in [2.45, 2.75) is 38.5 Å². The number of nitrogens with two attached hydrogens (primary N) is 1. The molecule has 7 heteroatoms. The summed E-state index contributed by atoms with van der Waals surface area (Å²) in [5.74, 6) is -3.85. The molecule has 0 atom stereocenters. The summed E-state index contributed by atoms with van der Waals surface area (Å²) in [6.45, 7) is 1.75. The fraction of sp³-hybridized carbons (Fsp3) is 0.538. The van der Waals surface area contributed by atoms with Crippen molar-refractivity contribution in [2.24, 2.45) is 5.73 Å². The number of benzene rings is 1. The van der Waals surface area contributed by atoms with E-state index in [1.807, 2.05) is 0 Å². The van der Waals surface area contributed by atoms with Crippen molar-refractivity contribution in [3.05, 3.63) is 29.3 Å². The van der Waals surface area contributed by atoms with Crippen LogP contribution in [0.5, 0.6) is 5.75 Å². The lowest BCUT2D eigenvalue weighted by Gasteiger charge is -2.19. The van der Waals surface area contributed by atoms with E-state index in [0.717, 1.165) is 12.1 Å². The topological polar surface area (TPSA) is 35.2 Å². The van der Waals surface area contributed by atoms with Gasteiger partial charge < -0.3 is 10.5 Å². The molecule has 0 bridgehead atoms. The highest BCUT2D eigenvalue weighted by molar-refractivity contribution is 5.37. The molecule has 0 aliphatic heterocycles. The summed E-state index contributed by atoms with van der Waals surface area (Å²) < 4.78 is 68.0. The fourth-order valence-electron chi connectivity index (χ4n) is 1.74. The molecule has 1 aromatic rings. The van der Waals surface area contributed by atoms with Crippen LogP contribution >= 0.6 is 0 Å². The average molecular weight is 297 g/mol. The fourth-order valence-corrected chi connectivity index (χ4v) is 1.74. The molecule has 20 heavy (non-hydrogen) atoms. The molecule has 0 unspecified atom stereocenters. The molecule has 0 aliphatic rings. The van der Waals surface area contributed by atoms with Crippen molar-refractivity contribution in [1.82, 2.24) is 0 Å². The number of hydrogen-bond acceptors (Lipinski definition) is 2. The van der Waals surface area contributed by atoms with Gasteiger partial charge in [-0.25, -0.2) is 8.78 Å². The largest absolute Gasteiger partial charge is 0.573 e. The third-order valence-electron chi connectivity index (χ3n) is 2.73. The lowest BCUT2D eigenvalue weighted by Crippen LogP contribution is -2.19. The molecule has 114 valence electrons. The molecule has 0 amide bonds. The Morgan fingerprint density at radius 3 is 2.25 bits per heavy atom. The zero-order chi connectivity index (χ0) is 15.4. The predicted molar refractivity (Wildman–Crippen MR) is 64.7 cm³/mol. The third-order valence-corrected chi connectivity index (χ3v) is 2.73. The smallest absolute Gasteiger partial charge is 0.406 e. The van der Waals surface area contributed by atoms with Gasteiger partial charge in [-0.2, -0.15) is 0 Å². The standard InChI is InChI=1S/C13H16F5NO/c1-2-9-6-10(12(14,15)4-3-5-19)8-11(7-9)20-13(16,17)18/h6-8H,2-5,19H2,1H3. The second kappa shape index (κ2) is 6.39. The molecule has 0 heterocycles. The Kier molecular flexibility index (Phi) is 5.33. The molecular formula is C13H16F5NO. The van der Waals surface area contributed by atoms with E-state index in [9.17, 15) is 22.0 Å².